The molecule has 3 rings (SSSR count). The van der Waals surface area contributed by atoms with E-state index in [1.54, 1.807) is 12.1 Å². The Labute approximate surface area is 187 Å². The van der Waals surface area contributed by atoms with Crippen molar-refractivity contribution in [1.82, 2.24) is 5.32 Å². The van der Waals surface area contributed by atoms with Crippen molar-refractivity contribution in [3.05, 3.63) is 95.0 Å². The van der Waals surface area contributed by atoms with Gasteiger partial charge in [0.05, 0.1) is 25.1 Å². The van der Waals surface area contributed by atoms with Crippen molar-refractivity contribution >= 4 is 33.2 Å². The first-order chi connectivity index (χ1) is 14.8. The summed E-state index contributed by atoms with van der Waals surface area (Å²) >= 11 is 6.07. The molecule has 8 heteroatoms. The van der Waals surface area contributed by atoms with Crippen LogP contribution in [0.3, 0.4) is 0 Å². The van der Waals surface area contributed by atoms with Crippen molar-refractivity contribution in [3.8, 4) is 5.75 Å². The maximum atomic E-state index is 13.0. The second-order valence-corrected chi connectivity index (χ2v) is 9.25. The molecule has 0 radical (unpaired) electrons. The van der Waals surface area contributed by atoms with Gasteiger partial charge in [0.2, 0.25) is 15.9 Å². The second kappa shape index (κ2) is 9.85. The van der Waals surface area contributed by atoms with Crippen LogP contribution in [0.15, 0.2) is 78.9 Å². The number of methoxy groups -OCH3 is 1. The summed E-state index contributed by atoms with van der Waals surface area (Å²) in [4.78, 5) is 13.0. The largest absolute Gasteiger partial charge is 0.495 e. The molecule has 0 fully saturated rings. The second-order valence-electron chi connectivity index (χ2n) is 6.91. The lowest BCUT2D eigenvalue weighted by Gasteiger charge is -2.26. The predicted molar refractivity (Wildman–Crippen MR) is 123 cm³/mol. The first kappa shape index (κ1) is 22.7. The van der Waals surface area contributed by atoms with Gasteiger partial charge in [-0.1, -0.05) is 72.3 Å². The fourth-order valence-electron chi connectivity index (χ4n) is 3.23. The Hall–Kier alpha value is -3.03. The first-order valence-corrected chi connectivity index (χ1v) is 11.7. The van der Waals surface area contributed by atoms with Gasteiger partial charge >= 0.3 is 0 Å². The SMILES string of the molecule is COc1ccc(Cl)cc1N(CC(=O)NC(c1ccccc1)c1ccccc1)S(C)(=O)=O. The number of halogens is 1. The molecule has 1 N–H and O–H groups in total. The van der Waals surface area contributed by atoms with Gasteiger partial charge in [0, 0.05) is 5.02 Å². The molecule has 0 aliphatic carbocycles. The molecule has 0 bridgehead atoms. The van der Waals surface area contributed by atoms with E-state index in [-0.39, 0.29) is 5.69 Å². The number of sulfonamides is 1. The Morgan fingerprint density at radius 2 is 1.55 bits per heavy atom. The van der Waals surface area contributed by atoms with Gasteiger partial charge in [-0.2, -0.15) is 0 Å². The average molecular weight is 459 g/mol. The van der Waals surface area contributed by atoms with Crippen LogP contribution >= 0.6 is 11.6 Å². The number of nitrogens with zero attached hydrogens (tertiary/aromatic N) is 1. The monoisotopic (exact) mass is 458 g/mol. The number of nitrogens with one attached hydrogen (secondary N) is 1. The van der Waals surface area contributed by atoms with E-state index < -0.39 is 28.5 Å². The molecule has 162 valence electrons. The van der Waals surface area contributed by atoms with E-state index >= 15 is 0 Å². The molecule has 0 saturated heterocycles. The summed E-state index contributed by atoms with van der Waals surface area (Å²) in [5.74, 6) is -0.171. The van der Waals surface area contributed by atoms with Gasteiger partial charge < -0.3 is 10.1 Å². The van der Waals surface area contributed by atoms with Crippen molar-refractivity contribution in [1.29, 1.82) is 0 Å². The van der Waals surface area contributed by atoms with Crippen LogP contribution in [-0.4, -0.2) is 34.2 Å². The summed E-state index contributed by atoms with van der Waals surface area (Å²) in [6.45, 7) is -0.425. The number of anilines is 1. The van der Waals surface area contributed by atoms with Crippen LogP contribution in [0.25, 0.3) is 0 Å². The van der Waals surface area contributed by atoms with E-state index in [4.69, 9.17) is 16.3 Å². The molecule has 0 spiro atoms. The van der Waals surface area contributed by atoms with Crippen LogP contribution in [0.2, 0.25) is 5.02 Å². The number of benzene rings is 3. The Morgan fingerprint density at radius 1 is 1.00 bits per heavy atom. The van der Waals surface area contributed by atoms with Crippen LogP contribution < -0.4 is 14.4 Å². The molecule has 6 nitrogen and oxygen atoms in total. The lowest BCUT2D eigenvalue weighted by atomic mass is 9.99. The summed E-state index contributed by atoms with van der Waals surface area (Å²) in [6, 6.07) is 23.1. The van der Waals surface area contributed by atoms with E-state index in [1.165, 1.54) is 13.2 Å². The third kappa shape index (κ3) is 5.77. The van der Waals surface area contributed by atoms with Crippen molar-refractivity contribution in [3.63, 3.8) is 0 Å². The Bertz CT molecular complexity index is 1100. The molecule has 0 aromatic heterocycles. The number of carbonyl (C=O) groups is 1. The van der Waals surface area contributed by atoms with Gasteiger partial charge in [-0.05, 0) is 29.3 Å². The summed E-state index contributed by atoms with van der Waals surface area (Å²) in [5, 5.41) is 3.29. The number of carbonyl (C=O) groups excluding carboxylic acids is 1. The zero-order chi connectivity index (χ0) is 22.4. The van der Waals surface area contributed by atoms with Gasteiger partial charge in [0.15, 0.2) is 0 Å². The van der Waals surface area contributed by atoms with E-state index in [0.717, 1.165) is 21.7 Å². The van der Waals surface area contributed by atoms with Crippen molar-refractivity contribution in [2.45, 2.75) is 6.04 Å². The normalized spacial score (nSPS) is 11.2. The quantitative estimate of drug-likeness (QED) is 0.553. The number of rotatable bonds is 8. The minimum absolute atomic E-state index is 0.198. The minimum atomic E-state index is -3.79. The van der Waals surface area contributed by atoms with Gasteiger partial charge in [-0.15, -0.1) is 0 Å². The minimum Gasteiger partial charge on any atom is -0.495 e. The third-order valence-corrected chi connectivity index (χ3v) is 6.03. The highest BCUT2D eigenvalue weighted by Gasteiger charge is 2.26. The first-order valence-electron chi connectivity index (χ1n) is 9.50. The zero-order valence-electron chi connectivity index (χ0n) is 17.2. The lowest BCUT2D eigenvalue weighted by Crippen LogP contribution is -2.42. The topological polar surface area (TPSA) is 75.7 Å². The number of ether oxygens (including phenoxy) is 1. The van der Waals surface area contributed by atoms with Crippen molar-refractivity contribution in [2.75, 3.05) is 24.2 Å². The van der Waals surface area contributed by atoms with Crippen molar-refractivity contribution < 1.29 is 17.9 Å². The molecule has 1 amide bonds. The summed E-state index contributed by atoms with van der Waals surface area (Å²) in [6.07, 6.45) is 1.03. The van der Waals surface area contributed by atoms with E-state index in [2.05, 4.69) is 5.32 Å². The molecule has 0 aliphatic rings. The van der Waals surface area contributed by atoms with Crippen LogP contribution in [0.4, 0.5) is 5.69 Å². The highest BCUT2D eigenvalue weighted by molar-refractivity contribution is 7.92. The van der Waals surface area contributed by atoms with Gasteiger partial charge in [0.1, 0.15) is 12.3 Å². The smallest absolute Gasteiger partial charge is 0.241 e. The van der Waals surface area contributed by atoms with Gasteiger partial charge in [-0.25, -0.2) is 8.42 Å². The summed E-state index contributed by atoms with van der Waals surface area (Å²) < 4.78 is 31.3. The van der Waals surface area contributed by atoms with Crippen LogP contribution in [-0.2, 0) is 14.8 Å². The summed E-state index contributed by atoms with van der Waals surface area (Å²) in [7, 11) is -2.37. The zero-order valence-corrected chi connectivity index (χ0v) is 18.7. The Kier molecular flexibility index (Phi) is 7.20. The molecule has 0 saturated carbocycles. The maximum Gasteiger partial charge on any atom is 0.241 e. The van der Waals surface area contributed by atoms with E-state index in [1.807, 2.05) is 60.7 Å². The number of hydrogen-bond donors (Lipinski definition) is 1. The van der Waals surface area contributed by atoms with Gasteiger partial charge in [-0.3, -0.25) is 9.10 Å². The molecular formula is C23H23ClN2O4S. The molecule has 0 unspecified atom stereocenters. The molecule has 0 heterocycles. The number of hydrogen-bond acceptors (Lipinski definition) is 4. The highest BCUT2D eigenvalue weighted by Crippen LogP contribution is 2.32. The highest BCUT2D eigenvalue weighted by atomic mass is 35.5. The maximum absolute atomic E-state index is 13.0. The molecule has 0 atom stereocenters. The fourth-order valence-corrected chi connectivity index (χ4v) is 4.24. The van der Waals surface area contributed by atoms with Crippen molar-refractivity contribution in [2.24, 2.45) is 0 Å². The van der Waals surface area contributed by atoms with Crippen LogP contribution in [0.5, 0.6) is 5.75 Å². The molecular weight excluding hydrogens is 436 g/mol. The molecule has 0 aliphatic heterocycles. The third-order valence-electron chi connectivity index (χ3n) is 4.67. The van der Waals surface area contributed by atoms with Crippen LogP contribution in [0, 0.1) is 0 Å². The predicted octanol–water partition coefficient (Wildman–Crippen LogP) is 4.02. The average Bonchev–Trinajstić information content (AvgIpc) is 2.76. The molecule has 31 heavy (non-hydrogen) atoms. The Balaban J connectivity index is 1.92. The molecule has 3 aromatic carbocycles. The van der Waals surface area contributed by atoms with Gasteiger partial charge in [0.25, 0.3) is 0 Å². The Morgan fingerprint density at radius 3 is 2.03 bits per heavy atom. The number of amides is 1. The van der Waals surface area contributed by atoms with E-state index in [0.29, 0.717) is 10.8 Å². The standard InChI is InChI=1S/C23H23ClN2O4S/c1-30-21-14-13-19(24)15-20(21)26(31(2,28)29)16-22(27)25-23(17-9-5-3-6-10-17)18-11-7-4-8-12-18/h3-15,23H,16H2,1-2H3,(H,25,27). The van der Waals surface area contributed by atoms with E-state index in [9.17, 15) is 13.2 Å². The summed E-state index contributed by atoms with van der Waals surface area (Å²) in [5.41, 5.74) is 1.96. The lowest BCUT2D eigenvalue weighted by molar-refractivity contribution is -0.120. The fraction of sp³-hybridized carbons (Fsp3) is 0.174. The molecule has 3 aromatic rings. The van der Waals surface area contributed by atoms with Crippen LogP contribution in [0.1, 0.15) is 17.2 Å².